The fraction of sp³-hybridized carbons (Fsp3) is 0.625. The van der Waals surface area contributed by atoms with Crippen LogP contribution in [0.25, 0.3) is 0 Å². The Hall–Kier alpha value is -0.710. The van der Waals surface area contributed by atoms with Gasteiger partial charge in [0.1, 0.15) is 0 Å². The second kappa shape index (κ2) is 8.53. The van der Waals surface area contributed by atoms with Crippen molar-refractivity contribution in [3.05, 3.63) is 24.3 Å². The van der Waals surface area contributed by atoms with E-state index in [1.807, 2.05) is 6.92 Å². The van der Waals surface area contributed by atoms with Gasteiger partial charge in [0.2, 0.25) is 20.0 Å². The molecule has 0 aromatic heterocycles. The molecule has 10 heteroatoms. The third kappa shape index (κ3) is 4.58. The quantitative estimate of drug-likeness (QED) is 0.741. The molecular formula is C16H26ClN3O4S2. The van der Waals surface area contributed by atoms with E-state index in [1.54, 1.807) is 0 Å². The number of rotatable bonds is 5. The number of hydrogen-bond acceptors (Lipinski definition) is 5. The standard InChI is InChI=1S/C16H25N3O4S2.ClH/c1-13-12-17-8-7-16(13)18-24(20,21)14-5-4-6-15(11-14)25(22,23)19-9-2-3-10-19;/h4-6,11,13,16-18H,2-3,7-10,12H2,1H3;1H. The lowest BCUT2D eigenvalue weighted by atomic mass is 9.97. The SMILES string of the molecule is CC1CNCCC1NS(=O)(=O)c1cccc(S(=O)(=O)N2CCCC2)c1.Cl. The van der Waals surface area contributed by atoms with E-state index in [9.17, 15) is 16.8 Å². The number of piperidine rings is 1. The lowest BCUT2D eigenvalue weighted by molar-refractivity contribution is 0.328. The Labute approximate surface area is 162 Å². The molecule has 148 valence electrons. The third-order valence-electron chi connectivity index (χ3n) is 4.91. The number of nitrogens with zero attached hydrogens (tertiary/aromatic N) is 1. The molecule has 2 aliphatic rings. The molecule has 1 aromatic carbocycles. The van der Waals surface area contributed by atoms with Gasteiger partial charge in [-0.2, -0.15) is 4.31 Å². The van der Waals surface area contributed by atoms with Crippen molar-refractivity contribution >= 4 is 32.5 Å². The Balaban J connectivity index is 0.00000243. The van der Waals surface area contributed by atoms with Crippen LogP contribution in [0, 0.1) is 5.92 Å². The zero-order valence-corrected chi connectivity index (χ0v) is 17.2. The maximum Gasteiger partial charge on any atom is 0.243 e. The molecule has 1 aromatic rings. The minimum absolute atomic E-state index is 0. The molecule has 0 spiro atoms. The Morgan fingerprint density at radius 1 is 1.12 bits per heavy atom. The van der Waals surface area contributed by atoms with Gasteiger partial charge in [0.25, 0.3) is 0 Å². The summed E-state index contributed by atoms with van der Waals surface area (Å²) in [7, 11) is -7.39. The van der Waals surface area contributed by atoms with Crippen LogP contribution >= 0.6 is 12.4 Å². The van der Waals surface area contributed by atoms with Gasteiger partial charge >= 0.3 is 0 Å². The fourth-order valence-electron chi connectivity index (χ4n) is 3.34. The smallest absolute Gasteiger partial charge is 0.243 e. The van der Waals surface area contributed by atoms with Crippen molar-refractivity contribution < 1.29 is 16.8 Å². The van der Waals surface area contributed by atoms with Crippen LogP contribution in [0.15, 0.2) is 34.1 Å². The van der Waals surface area contributed by atoms with Gasteiger partial charge in [0.15, 0.2) is 0 Å². The summed E-state index contributed by atoms with van der Waals surface area (Å²) in [5.74, 6) is 0.181. The molecule has 2 saturated heterocycles. The molecule has 2 unspecified atom stereocenters. The maximum atomic E-state index is 12.7. The monoisotopic (exact) mass is 423 g/mol. The molecule has 2 heterocycles. The van der Waals surface area contributed by atoms with Crippen LogP contribution < -0.4 is 10.0 Å². The minimum atomic E-state index is -3.76. The average Bonchev–Trinajstić information content (AvgIpc) is 3.12. The molecule has 2 N–H and O–H groups in total. The second-order valence-electron chi connectivity index (χ2n) is 6.78. The largest absolute Gasteiger partial charge is 0.316 e. The number of sulfonamides is 2. The third-order valence-corrected chi connectivity index (χ3v) is 8.29. The normalized spacial score (nSPS) is 25.0. The van der Waals surface area contributed by atoms with Crippen molar-refractivity contribution in [2.45, 2.75) is 42.0 Å². The number of hydrogen-bond donors (Lipinski definition) is 2. The van der Waals surface area contributed by atoms with E-state index in [4.69, 9.17) is 0 Å². The molecular weight excluding hydrogens is 398 g/mol. The van der Waals surface area contributed by atoms with Crippen LogP contribution in [-0.4, -0.2) is 53.4 Å². The minimum Gasteiger partial charge on any atom is -0.316 e. The zero-order valence-electron chi connectivity index (χ0n) is 14.7. The summed E-state index contributed by atoms with van der Waals surface area (Å²) >= 11 is 0. The predicted octanol–water partition coefficient (Wildman–Crippen LogP) is 1.17. The zero-order chi connectivity index (χ0) is 18.1. The predicted molar refractivity (Wildman–Crippen MR) is 102 cm³/mol. The topological polar surface area (TPSA) is 95.6 Å². The lowest BCUT2D eigenvalue weighted by Gasteiger charge is -2.30. The molecule has 26 heavy (non-hydrogen) atoms. The number of benzene rings is 1. The first-order valence-electron chi connectivity index (χ1n) is 8.64. The number of nitrogens with one attached hydrogen (secondary N) is 2. The van der Waals surface area contributed by atoms with Crippen LogP contribution in [0.1, 0.15) is 26.2 Å². The van der Waals surface area contributed by atoms with Crippen molar-refractivity contribution in [3.8, 4) is 0 Å². The summed E-state index contributed by atoms with van der Waals surface area (Å²) in [5.41, 5.74) is 0. The van der Waals surface area contributed by atoms with Gasteiger partial charge in [-0.15, -0.1) is 12.4 Å². The summed E-state index contributed by atoms with van der Waals surface area (Å²) in [6.07, 6.45) is 2.39. The van der Waals surface area contributed by atoms with E-state index in [2.05, 4.69) is 10.0 Å². The lowest BCUT2D eigenvalue weighted by Crippen LogP contribution is -2.48. The Morgan fingerprint density at radius 3 is 2.42 bits per heavy atom. The van der Waals surface area contributed by atoms with Crippen LogP contribution in [0.5, 0.6) is 0 Å². The molecule has 2 aliphatic heterocycles. The molecule has 0 bridgehead atoms. The van der Waals surface area contributed by atoms with Crippen molar-refractivity contribution in [2.24, 2.45) is 5.92 Å². The summed E-state index contributed by atoms with van der Waals surface area (Å²) < 4.78 is 54.9. The molecule has 2 atom stereocenters. The van der Waals surface area contributed by atoms with Gasteiger partial charge in [-0.3, -0.25) is 0 Å². The van der Waals surface area contributed by atoms with E-state index in [1.165, 1.54) is 28.6 Å². The first-order chi connectivity index (χ1) is 11.8. The highest BCUT2D eigenvalue weighted by atomic mass is 35.5. The molecule has 0 saturated carbocycles. The van der Waals surface area contributed by atoms with E-state index in [-0.39, 0.29) is 34.2 Å². The summed E-state index contributed by atoms with van der Waals surface area (Å²) in [6.45, 7) is 4.50. The van der Waals surface area contributed by atoms with Crippen LogP contribution in [-0.2, 0) is 20.0 Å². The summed E-state index contributed by atoms with van der Waals surface area (Å²) in [6, 6.07) is 5.51. The molecule has 0 radical (unpaired) electrons. The van der Waals surface area contributed by atoms with Crippen molar-refractivity contribution in [3.63, 3.8) is 0 Å². The number of halogens is 1. The van der Waals surface area contributed by atoms with E-state index < -0.39 is 20.0 Å². The van der Waals surface area contributed by atoms with Crippen molar-refractivity contribution in [1.82, 2.24) is 14.3 Å². The Bertz CT molecular complexity index is 824. The van der Waals surface area contributed by atoms with Gasteiger partial charge in [0.05, 0.1) is 9.79 Å². The first kappa shape index (κ1) is 21.6. The molecule has 2 fully saturated rings. The average molecular weight is 424 g/mol. The van der Waals surface area contributed by atoms with Crippen LogP contribution in [0.3, 0.4) is 0 Å². The van der Waals surface area contributed by atoms with E-state index in [0.717, 1.165) is 25.9 Å². The highest BCUT2D eigenvalue weighted by Gasteiger charge is 2.30. The van der Waals surface area contributed by atoms with Crippen LogP contribution in [0.2, 0.25) is 0 Å². The van der Waals surface area contributed by atoms with Crippen LogP contribution in [0.4, 0.5) is 0 Å². The first-order valence-corrected chi connectivity index (χ1v) is 11.6. The Morgan fingerprint density at radius 2 is 1.77 bits per heavy atom. The highest BCUT2D eigenvalue weighted by molar-refractivity contribution is 7.90. The van der Waals surface area contributed by atoms with Gasteiger partial charge in [-0.05, 0) is 56.5 Å². The summed E-state index contributed by atoms with van der Waals surface area (Å²) in [5, 5.41) is 3.23. The molecule has 0 aliphatic carbocycles. The van der Waals surface area contributed by atoms with Gasteiger partial charge in [0, 0.05) is 19.1 Å². The highest BCUT2D eigenvalue weighted by Crippen LogP contribution is 2.23. The van der Waals surface area contributed by atoms with Crippen molar-refractivity contribution in [2.75, 3.05) is 26.2 Å². The fourth-order valence-corrected chi connectivity index (χ4v) is 6.40. The van der Waals surface area contributed by atoms with Gasteiger partial charge in [-0.25, -0.2) is 21.6 Å². The van der Waals surface area contributed by atoms with E-state index in [0.29, 0.717) is 19.5 Å². The molecule has 3 rings (SSSR count). The molecule has 7 nitrogen and oxygen atoms in total. The van der Waals surface area contributed by atoms with Crippen molar-refractivity contribution in [1.29, 1.82) is 0 Å². The maximum absolute atomic E-state index is 12.7. The molecule has 0 amide bonds. The summed E-state index contributed by atoms with van der Waals surface area (Å²) in [4.78, 5) is 0.0362. The second-order valence-corrected chi connectivity index (χ2v) is 10.4. The van der Waals surface area contributed by atoms with Gasteiger partial charge < -0.3 is 5.32 Å². The van der Waals surface area contributed by atoms with E-state index >= 15 is 0 Å². The Kier molecular flexibility index (Phi) is 7.09. The van der Waals surface area contributed by atoms with Gasteiger partial charge in [-0.1, -0.05) is 13.0 Å².